The Morgan fingerprint density at radius 2 is 1.09 bits per heavy atom. The molecule has 5 rings (SSSR count). The maximum Gasteiger partial charge on any atom is 0.161 e. The zero-order valence-corrected chi connectivity index (χ0v) is 14.3. The van der Waals surface area contributed by atoms with Crippen LogP contribution in [0, 0.1) is 0 Å². The zero-order chi connectivity index (χ0) is 15.0. The molecule has 112 valence electrons. The van der Waals surface area contributed by atoms with Crippen LogP contribution < -0.4 is 0 Å². The third-order valence-corrected chi connectivity index (χ3v) is 5.32. The van der Waals surface area contributed by atoms with Crippen molar-refractivity contribution in [3.8, 4) is 0 Å². The predicted octanol–water partition coefficient (Wildman–Crippen LogP) is 4.64. The van der Waals surface area contributed by atoms with Crippen LogP contribution >= 0.6 is 0 Å². The molecule has 22 heavy (non-hydrogen) atoms. The quantitative estimate of drug-likeness (QED) is 0.430. The third kappa shape index (κ3) is 4.06. The molecule has 1 nitrogen and oxygen atoms in total. The van der Waals surface area contributed by atoms with Crippen molar-refractivity contribution in [3.05, 3.63) is 70.8 Å². The molecule has 0 atom stereocenters. The van der Waals surface area contributed by atoms with E-state index < -0.39 is 0 Å². The van der Waals surface area contributed by atoms with Crippen molar-refractivity contribution in [2.45, 2.75) is 18.9 Å². The standard InChI is InChI=1S/2C8H6.C4H10OSi/c2*1-2-4-8-6-5-7(8)3-1;1-2-4-6-5-3-1/h2*1-6H;1-4,6H2. The van der Waals surface area contributed by atoms with Crippen molar-refractivity contribution in [1.29, 1.82) is 0 Å². The highest BCUT2D eigenvalue weighted by Crippen LogP contribution is 2.22. The summed E-state index contributed by atoms with van der Waals surface area (Å²) >= 11 is 0. The Hall–Kier alpha value is -1.90. The average molecular weight is 306 g/mol. The minimum absolute atomic E-state index is 0.00849. The van der Waals surface area contributed by atoms with E-state index in [4.69, 9.17) is 4.43 Å². The van der Waals surface area contributed by atoms with E-state index in [1.165, 1.54) is 41.1 Å². The largest absolute Gasteiger partial charge is 0.424 e. The summed E-state index contributed by atoms with van der Waals surface area (Å²) in [5.74, 6) is 0. The van der Waals surface area contributed by atoms with Gasteiger partial charge < -0.3 is 4.43 Å². The summed E-state index contributed by atoms with van der Waals surface area (Å²) in [7, 11) is 0.00849. The van der Waals surface area contributed by atoms with Gasteiger partial charge in [-0.05, 0) is 34.7 Å². The Kier molecular flexibility index (Phi) is 5.41. The van der Waals surface area contributed by atoms with E-state index in [9.17, 15) is 0 Å². The van der Waals surface area contributed by atoms with Crippen LogP contribution in [0.2, 0.25) is 6.04 Å². The summed E-state index contributed by atoms with van der Waals surface area (Å²) in [5, 5.41) is 0. The third-order valence-electron chi connectivity index (χ3n) is 3.95. The molecule has 2 aliphatic carbocycles. The molecule has 2 aromatic rings. The Balaban J connectivity index is 0.0000000996. The lowest BCUT2D eigenvalue weighted by atomic mass is 9.99. The van der Waals surface area contributed by atoms with Crippen LogP contribution in [-0.2, 0) is 4.43 Å². The number of rotatable bonds is 0. The van der Waals surface area contributed by atoms with E-state index in [1.54, 1.807) is 0 Å². The smallest absolute Gasteiger partial charge is 0.161 e. The first-order valence-electron chi connectivity index (χ1n) is 8.05. The van der Waals surface area contributed by atoms with Crippen molar-refractivity contribution in [2.75, 3.05) is 6.61 Å². The predicted molar refractivity (Wildman–Crippen MR) is 99.3 cm³/mol. The van der Waals surface area contributed by atoms with Gasteiger partial charge in [0.15, 0.2) is 9.76 Å². The normalized spacial score (nSPS) is 16.7. The van der Waals surface area contributed by atoms with Gasteiger partial charge in [-0.1, -0.05) is 79.3 Å². The molecule has 1 aliphatic heterocycles. The van der Waals surface area contributed by atoms with Crippen molar-refractivity contribution < 1.29 is 4.43 Å². The zero-order valence-electron chi connectivity index (χ0n) is 12.9. The van der Waals surface area contributed by atoms with E-state index in [0.717, 1.165) is 6.61 Å². The maximum absolute atomic E-state index is 5.21. The van der Waals surface area contributed by atoms with Gasteiger partial charge in [-0.3, -0.25) is 0 Å². The van der Waals surface area contributed by atoms with E-state index in [1.807, 2.05) is 0 Å². The SMILES string of the molecule is C1=Cc2ccccc21.C1=Cc2ccccc21.C1CC[SiH2]OC1. The van der Waals surface area contributed by atoms with Gasteiger partial charge >= 0.3 is 0 Å². The average Bonchev–Trinajstić information content (AvgIpc) is 2.53. The summed E-state index contributed by atoms with van der Waals surface area (Å²) < 4.78 is 5.21. The summed E-state index contributed by atoms with van der Waals surface area (Å²) in [6.07, 6.45) is 11.2. The molecule has 3 aliphatic rings. The van der Waals surface area contributed by atoms with Crippen molar-refractivity contribution >= 4 is 34.1 Å². The minimum atomic E-state index is 0.00849. The van der Waals surface area contributed by atoms with E-state index in [2.05, 4.69) is 72.8 Å². The molecule has 0 unspecified atom stereocenters. The fraction of sp³-hybridized carbons (Fsp3) is 0.200. The molecule has 0 radical (unpaired) electrons. The van der Waals surface area contributed by atoms with Crippen LogP contribution in [0.3, 0.4) is 0 Å². The lowest BCUT2D eigenvalue weighted by Gasteiger charge is -2.07. The molecule has 0 aromatic heterocycles. The second-order valence-electron chi connectivity index (χ2n) is 5.60. The highest BCUT2D eigenvalue weighted by molar-refractivity contribution is 6.27. The van der Waals surface area contributed by atoms with Crippen LogP contribution in [0.5, 0.6) is 0 Å². The molecule has 2 heteroatoms. The Labute approximate surface area is 135 Å². The first-order valence-corrected chi connectivity index (χ1v) is 9.63. The van der Waals surface area contributed by atoms with E-state index >= 15 is 0 Å². The lowest BCUT2D eigenvalue weighted by molar-refractivity contribution is 0.304. The van der Waals surface area contributed by atoms with E-state index in [-0.39, 0.29) is 9.76 Å². The van der Waals surface area contributed by atoms with Crippen LogP contribution in [0.15, 0.2) is 48.5 Å². The van der Waals surface area contributed by atoms with Gasteiger partial charge in [0.2, 0.25) is 0 Å². The molecular formula is C20H22OSi. The maximum atomic E-state index is 5.21. The number of hydrogen-bond acceptors (Lipinski definition) is 1. The van der Waals surface area contributed by atoms with Crippen molar-refractivity contribution in [3.63, 3.8) is 0 Å². The summed E-state index contributed by atoms with van der Waals surface area (Å²) in [4.78, 5) is 0. The molecule has 0 spiro atoms. The minimum Gasteiger partial charge on any atom is -0.424 e. The monoisotopic (exact) mass is 306 g/mol. The summed E-state index contributed by atoms with van der Waals surface area (Å²) in [6.45, 7) is 1.06. The highest BCUT2D eigenvalue weighted by atomic mass is 28.2. The molecule has 1 saturated heterocycles. The van der Waals surface area contributed by atoms with Gasteiger partial charge in [-0.25, -0.2) is 0 Å². The molecule has 0 amide bonds. The van der Waals surface area contributed by atoms with Gasteiger partial charge in [0, 0.05) is 6.61 Å². The summed E-state index contributed by atoms with van der Waals surface area (Å²) in [6, 6.07) is 18.1. The van der Waals surface area contributed by atoms with Crippen molar-refractivity contribution in [1.82, 2.24) is 0 Å². The van der Waals surface area contributed by atoms with Crippen LogP contribution in [0.25, 0.3) is 24.3 Å². The number of hydrogen-bond donors (Lipinski definition) is 0. The second kappa shape index (κ2) is 7.92. The summed E-state index contributed by atoms with van der Waals surface area (Å²) in [5.41, 5.74) is 5.47. The van der Waals surface area contributed by atoms with Gasteiger partial charge in [0.05, 0.1) is 0 Å². The second-order valence-corrected chi connectivity index (χ2v) is 7.12. The first kappa shape index (κ1) is 15.0. The van der Waals surface area contributed by atoms with Crippen molar-refractivity contribution in [2.24, 2.45) is 0 Å². The highest BCUT2D eigenvalue weighted by Gasteiger charge is 2.00. The lowest BCUT2D eigenvalue weighted by Crippen LogP contribution is -2.06. The van der Waals surface area contributed by atoms with Gasteiger partial charge in [-0.15, -0.1) is 0 Å². The van der Waals surface area contributed by atoms with Crippen LogP contribution in [0.4, 0.5) is 0 Å². The molecule has 0 bridgehead atoms. The first-order chi connectivity index (χ1) is 10.9. The molecular weight excluding hydrogens is 284 g/mol. The van der Waals surface area contributed by atoms with Gasteiger partial charge in [-0.2, -0.15) is 0 Å². The molecule has 1 fully saturated rings. The topological polar surface area (TPSA) is 9.23 Å². The molecule has 0 N–H and O–H groups in total. The van der Waals surface area contributed by atoms with Gasteiger partial charge in [0.1, 0.15) is 0 Å². The molecule has 1 heterocycles. The number of benzene rings is 2. The van der Waals surface area contributed by atoms with Gasteiger partial charge in [0.25, 0.3) is 0 Å². The van der Waals surface area contributed by atoms with Crippen LogP contribution in [-0.4, -0.2) is 16.4 Å². The van der Waals surface area contributed by atoms with Crippen LogP contribution in [0.1, 0.15) is 35.1 Å². The molecule has 0 saturated carbocycles. The molecule has 2 aromatic carbocycles. The number of fused-ring (bicyclic) bond motifs is 2. The Morgan fingerprint density at radius 3 is 1.23 bits per heavy atom. The fourth-order valence-corrected chi connectivity index (χ4v) is 3.65. The Bertz CT molecular complexity index is 554. The Morgan fingerprint density at radius 1 is 0.636 bits per heavy atom. The fourth-order valence-electron chi connectivity index (χ4n) is 2.48. The van der Waals surface area contributed by atoms with E-state index in [0.29, 0.717) is 0 Å².